The van der Waals surface area contributed by atoms with Crippen molar-refractivity contribution in [1.82, 2.24) is 4.98 Å². The van der Waals surface area contributed by atoms with Gasteiger partial charge in [0.1, 0.15) is 0 Å². The molecule has 0 amide bonds. The Balaban J connectivity index is 2.01. The molecule has 2 atom stereocenters. The van der Waals surface area contributed by atoms with Gasteiger partial charge < -0.3 is 10.8 Å². The number of anilines is 1. The molecule has 1 heterocycles. The van der Waals surface area contributed by atoms with Crippen molar-refractivity contribution in [3.05, 3.63) is 24.0 Å². The lowest BCUT2D eigenvalue weighted by atomic mass is 9.98. The molecule has 2 unspecified atom stereocenters. The van der Waals surface area contributed by atoms with Crippen LogP contribution < -0.4 is 5.73 Å². The van der Waals surface area contributed by atoms with E-state index in [0.717, 1.165) is 36.9 Å². The van der Waals surface area contributed by atoms with E-state index in [4.69, 9.17) is 5.73 Å². The second-order valence-electron chi connectivity index (χ2n) is 4.11. The van der Waals surface area contributed by atoms with Crippen molar-refractivity contribution in [2.45, 2.75) is 31.8 Å². The molecule has 2 rings (SSSR count). The predicted molar refractivity (Wildman–Crippen MR) is 55.7 cm³/mol. The summed E-state index contributed by atoms with van der Waals surface area (Å²) in [6.45, 7) is 0. The monoisotopic (exact) mass is 192 g/mol. The molecule has 1 aliphatic carbocycles. The van der Waals surface area contributed by atoms with Crippen LogP contribution in [0, 0.1) is 5.92 Å². The number of nitrogens with zero attached hydrogens (tertiary/aromatic N) is 1. The third kappa shape index (κ3) is 2.04. The third-order valence-corrected chi connectivity index (χ3v) is 2.96. The summed E-state index contributed by atoms with van der Waals surface area (Å²) >= 11 is 0. The number of hydrogen-bond acceptors (Lipinski definition) is 3. The quantitative estimate of drug-likeness (QED) is 0.744. The zero-order valence-electron chi connectivity index (χ0n) is 8.19. The molecule has 1 fully saturated rings. The summed E-state index contributed by atoms with van der Waals surface area (Å²) < 4.78 is 0. The number of aromatic nitrogens is 1. The van der Waals surface area contributed by atoms with Crippen molar-refractivity contribution < 1.29 is 5.11 Å². The summed E-state index contributed by atoms with van der Waals surface area (Å²) in [6.07, 6.45) is 7.35. The van der Waals surface area contributed by atoms with Crippen molar-refractivity contribution in [2.24, 2.45) is 5.92 Å². The Morgan fingerprint density at radius 1 is 1.50 bits per heavy atom. The van der Waals surface area contributed by atoms with Gasteiger partial charge in [-0.3, -0.25) is 4.98 Å². The molecular weight excluding hydrogens is 176 g/mol. The van der Waals surface area contributed by atoms with Crippen molar-refractivity contribution >= 4 is 5.69 Å². The molecular formula is C11H16N2O. The number of aliphatic hydroxyl groups excluding tert-OH is 1. The van der Waals surface area contributed by atoms with Crippen LogP contribution in [0.25, 0.3) is 0 Å². The van der Waals surface area contributed by atoms with Crippen LogP contribution in [0.1, 0.15) is 24.8 Å². The third-order valence-electron chi connectivity index (χ3n) is 2.96. The van der Waals surface area contributed by atoms with Gasteiger partial charge in [0.25, 0.3) is 0 Å². The average molecular weight is 192 g/mol. The van der Waals surface area contributed by atoms with Gasteiger partial charge in [0.15, 0.2) is 0 Å². The lowest BCUT2D eigenvalue weighted by Gasteiger charge is -2.10. The fourth-order valence-electron chi connectivity index (χ4n) is 2.15. The highest BCUT2D eigenvalue weighted by atomic mass is 16.3. The van der Waals surface area contributed by atoms with E-state index < -0.39 is 0 Å². The predicted octanol–water partition coefficient (Wildman–Crippen LogP) is 1.37. The topological polar surface area (TPSA) is 59.1 Å². The summed E-state index contributed by atoms with van der Waals surface area (Å²) in [6, 6.07) is 1.83. The lowest BCUT2D eigenvalue weighted by molar-refractivity contribution is 0.177. The van der Waals surface area contributed by atoms with Crippen LogP contribution in [-0.4, -0.2) is 16.2 Å². The molecule has 3 heteroatoms. The first-order valence-corrected chi connectivity index (χ1v) is 5.12. The van der Waals surface area contributed by atoms with Gasteiger partial charge in [0.2, 0.25) is 0 Å². The van der Waals surface area contributed by atoms with Crippen LogP contribution in [0.3, 0.4) is 0 Å². The Bertz CT molecular complexity index is 314. The maximum absolute atomic E-state index is 9.40. The number of aliphatic hydroxyl groups is 1. The highest BCUT2D eigenvalue weighted by Gasteiger charge is 2.23. The van der Waals surface area contributed by atoms with Gasteiger partial charge in [0.05, 0.1) is 6.10 Å². The largest absolute Gasteiger partial charge is 0.398 e. The lowest BCUT2D eigenvalue weighted by Crippen LogP contribution is -2.05. The number of nitrogens with two attached hydrogens (primary N) is 1. The molecule has 3 N–H and O–H groups in total. The van der Waals surface area contributed by atoms with Crippen molar-refractivity contribution in [1.29, 1.82) is 0 Å². The summed E-state index contributed by atoms with van der Waals surface area (Å²) in [7, 11) is 0. The van der Waals surface area contributed by atoms with Gasteiger partial charge in [-0.2, -0.15) is 0 Å². The van der Waals surface area contributed by atoms with Gasteiger partial charge >= 0.3 is 0 Å². The van der Waals surface area contributed by atoms with Crippen LogP contribution in [0.2, 0.25) is 0 Å². The van der Waals surface area contributed by atoms with Crippen molar-refractivity contribution in [2.75, 3.05) is 5.73 Å². The molecule has 1 aromatic rings. The number of nitrogen functional groups attached to an aromatic ring is 1. The fraction of sp³-hybridized carbons (Fsp3) is 0.545. The standard InChI is InChI=1S/C11H16N2O/c12-11-3-4-13-7-9(11)5-8-1-2-10(14)6-8/h3-4,7-8,10,14H,1-2,5-6H2,(H2,12,13). The number of hydrogen-bond donors (Lipinski definition) is 2. The van der Waals surface area contributed by atoms with Crippen LogP contribution in [0.5, 0.6) is 0 Å². The zero-order valence-corrected chi connectivity index (χ0v) is 8.19. The summed E-state index contributed by atoms with van der Waals surface area (Å²) in [5.41, 5.74) is 7.77. The highest BCUT2D eigenvalue weighted by Crippen LogP contribution is 2.29. The second kappa shape index (κ2) is 3.96. The number of rotatable bonds is 2. The van der Waals surface area contributed by atoms with E-state index >= 15 is 0 Å². The van der Waals surface area contributed by atoms with E-state index in [-0.39, 0.29) is 6.10 Å². The maximum Gasteiger partial charge on any atom is 0.0543 e. The zero-order chi connectivity index (χ0) is 9.97. The van der Waals surface area contributed by atoms with E-state index in [1.807, 2.05) is 12.3 Å². The fourth-order valence-corrected chi connectivity index (χ4v) is 2.15. The molecule has 1 aliphatic rings. The Morgan fingerprint density at radius 3 is 3.00 bits per heavy atom. The van der Waals surface area contributed by atoms with Crippen molar-refractivity contribution in [3.63, 3.8) is 0 Å². The first kappa shape index (κ1) is 9.46. The Hall–Kier alpha value is -1.09. The molecule has 0 radical (unpaired) electrons. The van der Waals surface area contributed by atoms with E-state index in [0.29, 0.717) is 5.92 Å². The molecule has 0 aromatic carbocycles. The normalized spacial score (nSPS) is 26.6. The molecule has 0 aliphatic heterocycles. The molecule has 0 bridgehead atoms. The van der Waals surface area contributed by atoms with E-state index in [2.05, 4.69) is 4.98 Å². The summed E-state index contributed by atoms with van der Waals surface area (Å²) in [5.74, 6) is 0.580. The van der Waals surface area contributed by atoms with Gasteiger partial charge in [-0.05, 0) is 43.2 Å². The van der Waals surface area contributed by atoms with Gasteiger partial charge in [-0.15, -0.1) is 0 Å². The average Bonchev–Trinajstić information content (AvgIpc) is 2.56. The summed E-state index contributed by atoms with van der Waals surface area (Å²) in [4.78, 5) is 4.06. The van der Waals surface area contributed by atoms with Crippen LogP contribution in [0.15, 0.2) is 18.5 Å². The minimum atomic E-state index is -0.0992. The first-order chi connectivity index (χ1) is 6.75. The molecule has 14 heavy (non-hydrogen) atoms. The van der Waals surface area contributed by atoms with Gasteiger partial charge in [-0.1, -0.05) is 0 Å². The molecule has 3 nitrogen and oxygen atoms in total. The molecule has 76 valence electrons. The first-order valence-electron chi connectivity index (χ1n) is 5.12. The van der Waals surface area contributed by atoms with E-state index in [1.165, 1.54) is 0 Å². The Labute approximate surface area is 84.0 Å². The maximum atomic E-state index is 9.40. The number of pyridine rings is 1. The second-order valence-corrected chi connectivity index (χ2v) is 4.11. The smallest absolute Gasteiger partial charge is 0.0543 e. The van der Waals surface area contributed by atoms with Crippen LogP contribution >= 0.6 is 0 Å². The molecule has 0 spiro atoms. The van der Waals surface area contributed by atoms with Gasteiger partial charge in [-0.25, -0.2) is 0 Å². The Morgan fingerprint density at radius 2 is 2.36 bits per heavy atom. The van der Waals surface area contributed by atoms with Crippen LogP contribution in [0.4, 0.5) is 5.69 Å². The van der Waals surface area contributed by atoms with Crippen molar-refractivity contribution in [3.8, 4) is 0 Å². The van der Waals surface area contributed by atoms with Gasteiger partial charge in [0, 0.05) is 18.1 Å². The minimum absolute atomic E-state index is 0.0992. The minimum Gasteiger partial charge on any atom is -0.398 e. The van der Waals surface area contributed by atoms with E-state index in [1.54, 1.807) is 6.20 Å². The van der Waals surface area contributed by atoms with E-state index in [9.17, 15) is 5.11 Å². The van der Waals surface area contributed by atoms with Crippen LogP contribution in [-0.2, 0) is 6.42 Å². The summed E-state index contributed by atoms with van der Waals surface area (Å²) in [5, 5.41) is 9.40. The Kier molecular flexibility index (Phi) is 2.68. The molecule has 1 aromatic heterocycles. The highest BCUT2D eigenvalue weighted by molar-refractivity contribution is 5.44. The molecule has 0 saturated heterocycles. The molecule has 1 saturated carbocycles. The SMILES string of the molecule is Nc1ccncc1CC1CCC(O)C1.